The van der Waals surface area contributed by atoms with Crippen molar-refractivity contribution in [3.05, 3.63) is 30.1 Å². The van der Waals surface area contributed by atoms with Crippen molar-refractivity contribution in [1.29, 1.82) is 0 Å². The Morgan fingerprint density at radius 3 is 2.68 bits per heavy atom. The molecule has 0 aliphatic rings. The van der Waals surface area contributed by atoms with E-state index in [0.29, 0.717) is 5.75 Å². The Bertz CT molecular complexity index is 397. The average molecular weight is 270 g/mol. The second kappa shape index (κ2) is 7.70. The van der Waals surface area contributed by atoms with Gasteiger partial charge in [0, 0.05) is 19.0 Å². The molecule has 1 aromatic rings. The fourth-order valence-corrected chi connectivity index (χ4v) is 1.49. The zero-order valence-corrected chi connectivity index (χ0v) is 10.8. The molecule has 0 spiro atoms. The van der Waals surface area contributed by atoms with E-state index in [-0.39, 0.29) is 31.4 Å². The van der Waals surface area contributed by atoms with Crippen LogP contribution in [-0.4, -0.2) is 36.3 Å². The van der Waals surface area contributed by atoms with E-state index in [1.54, 1.807) is 6.92 Å². The number of nitrogens with two attached hydrogens (primary N) is 1. The lowest BCUT2D eigenvalue weighted by Crippen LogP contribution is -2.38. The van der Waals surface area contributed by atoms with Crippen LogP contribution in [0.1, 0.15) is 13.3 Å². The van der Waals surface area contributed by atoms with E-state index in [9.17, 15) is 14.3 Å². The Hall–Kier alpha value is -1.66. The summed E-state index contributed by atoms with van der Waals surface area (Å²) in [5.74, 6) is -0.238. The van der Waals surface area contributed by atoms with Crippen LogP contribution in [0.3, 0.4) is 0 Å². The summed E-state index contributed by atoms with van der Waals surface area (Å²) in [4.78, 5) is 10.7. The Labute approximate surface area is 111 Å². The molecule has 4 N–H and O–H groups in total. The summed E-state index contributed by atoms with van der Waals surface area (Å²) in [5.41, 5.74) is 5.05. The van der Waals surface area contributed by atoms with Crippen molar-refractivity contribution in [3.8, 4) is 5.75 Å². The highest BCUT2D eigenvalue weighted by atomic mass is 19.1. The van der Waals surface area contributed by atoms with Gasteiger partial charge in [0.1, 0.15) is 24.3 Å². The quantitative estimate of drug-likeness (QED) is 0.639. The highest BCUT2D eigenvalue weighted by molar-refractivity contribution is 5.74. The smallest absolute Gasteiger partial charge is 0.218 e. The van der Waals surface area contributed by atoms with E-state index >= 15 is 0 Å². The number of aliphatic hydroxyl groups excluding tert-OH is 1. The minimum Gasteiger partial charge on any atom is -0.491 e. The molecule has 0 heterocycles. The van der Waals surface area contributed by atoms with Gasteiger partial charge in [0.2, 0.25) is 5.91 Å². The maximum atomic E-state index is 12.6. The summed E-state index contributed by atoms with van der Waals surface area (Å²) >= 11 is 0. The summed E-state index contributed by atoms with van der Waals surface area (Å²) in [6.07, 6.45) is -0.508. The number of hydrogen-bond donors (Lipinski definition) is 3. The van der Waals surface area contributed by atoms with Crippen molar-refractivity contribution in [2.75, 3.05) is 13.2 Å². The van der Waals surface area contributed by atoms with E-state index < -0.39 is 12.0 Å². The van der Waals surface area contributed by atoms with Crippen LogP contribution in [0, 0.1) is 5.82 Å². The molecule has 0 saturated carbocycles. The molecule has 106 valence electrons. The van der Waals surface area contributed by atoms with Crippen LogP contribution in [0.15, 0.2) is 24.3 Å². The normalized spacial score (nSPS) is 13.8. The first-order chi connectivity index (χ1) is 8.97. The van der Waals surface area contributed by atoms with Crippen molar-refractivity contribution < 1.29 is 19.0 Å². The number of amides is 1. The number of halogens is 1. The molecule has 1 amide bonds. The number of nitrogens with one attached hydrogen (secondary N) is 1. The van der Waals surface area contributed by atoms with Crippen molar-refractivity contribution in [1.82, 2.24) is 5.32 Å². The number of benzene rings is 1. The molecule has 0 bridgehead atoms. The second-order valence-corrected chi connectivity index (χ2v) is 4.40. The van der Waals surface area contributed by atoms with Crippen LogP contribution in [0.25, 0.3) is 0 Å². The number of carbonyl (C=O) groups is 1. The molecule has 19 heavy (non-hydrogen) atoms. The Morgan fingerprint density at radius 1 is 1.47 bits per heavy atom. The van der Waals surface area contributed by atoms with Gasteiger partial charge in [-0.3, -0.25) is 4.79 Å². The zero-order valence-electron chi connectivity index (χ0n) is 10.8. The first-order valence-corrected chi connectivity index (χ1v) is 6.05. The molecule has 5 nitrogen and oxygen atoms in total. The van der Waals surface area contributed by atoms with Gasteiger partial charge in [0.05, 0.1) is 0 Å². The Morgan fingerprint density at radius 2 is 2.11 bits per heavy atom. The summed E-state index contributed by atoms with van der Waals surface area (Å²) in [7, 11) is 0. The van der Waals surface area contributed by atoms with Crippen LogP contribution in [0.4, 0.5) is 4.39 Å². The van der Waals surface area contributed by atoms with Crippen molar-refractivity contribution >= 4 is 5.91 Å². The van der Waals surface area contributed by atoms with Gasteiger partial charge in [-0.2, -0.15) is 0 Å². The van der Waals surface area contributed by atoms with E-state index in [2.05, 4.69) is 5.32 Å². The molecular weight excluding hydrogens is 251 g/mol. The van der Waals surface area contributed by atoms with Gasteiger partial charge in [0.15, 0.2) is 0 Å². The lowest BCUT2D eigenvalue weighted by Gasteiger charge is -2.16. The van der Waals surface area contributed by atoms with E-state index in [4.69, 9.17) is 10.5 Å². The van der Waals surface area contributed by atoms with Gasteiger partial charge < -0.3 is 20.9 Å². The maximum absolute atomic E-state index is 12.6. The molecule has 6 heteroatoms. The molecule has 0 aliphatic carbocycles. The Kier molecular flexibility index (Phi) is 6.24. The van der Waals surface area contributed by atoms with Gasteiger partial charge in [-0.05, 0) is 31.2 Å². The van der Waals surface area contributed by atoms with Gasteiger partial charge in [0.25, 0.3) is 0 Å². The highest BCUT2D eigenvalue weighted by Gasteiger charge is 2.09. The highest BCUT2D eigenvalue weighted by Crippen LogP contribution is 2.11. The molecule has 0 aromatic heterocycles. The maximum Gasteiger partial charge on any atom is 0.218 e. The largest absolute Gasteiger partial charge is 0.491 e. The number of carbonyl (C=O) groups excluding carboxylic acids is 1. The minimum atomic E-state index is -0.722. The number of ether oxygens (including phenoxy) is 1. The first kappa shape index (κ1) is 15.4. The third kappa shape index (κ3) is 6.73. The van der Waals surface area contributed by atoms with Crippen molar-refractivity contribution in [2.45, 2.75) is 25.5 Å². The SMILES string of the molecule is CC(CC(N)=O)NCC(O)COc1ccc(F)cc1. The lowest BCUT2D eigenvalue weighted by atomic mass is 10.2. The molecule has 1 aromatic carbocycles. The van der Waals surface area contributed by atoms with Crippen molar-refractivity contribution in [3.63, 3.8) is 0 Å². The predicted octanol–water partition coefficient (Wildman–Crippen LogP) is 0.419. The molecule has 0 saturated heterocycles. The zero-order chi connectivity index (χ0) is 14.3. The summed E-state index contributed by atoms with van der Waals surface area (Å²) in [6.45, 7) is 2.18. The van der Waals surface area contributed by atoms with Crippen LogP contribution in [-0.2, 0) is 4.79 Å². The van der Waals surface area contributed by atoms with E-state index in [0.717, 1.165) is 0 Å². The molecule has 0 aliphatic heterocycles. The number of primary amides is 1. The molecule has 1 rings (SSSR count). The van der Waals surface area contributed by atoms with Crippen LogP contribution < -0.4 is 15.8 Å². The van der Waals surface area contributed by atoms with E-state index in [1.165, 1.54) is 24.3 Å². The summed E-state index contributed by atoms with van der Waals surface area (Å²) in [6, 6.07) is 5.46. The molecular formula is C13H19FN2O3. The molecule has 0 fully saturated rings. The number of rotatable bonds is 8. The van der Waals surface area contributed by atoms with Crippen LogP contribution in [0.5, 0.6) is 5.75 Å². The van der Waals surface area contributed by atoms with Crippen LogP contribution >= 0.6 is 0 Å². The molecule has 2 atom stereocenters. The topological polar surface area (TPSA) is 84.6 Å². The second-order valence-electron chi connectivity index (χ2n) is 4.40. The third-order valence-electron chi connectivity index (χ3n) is 2.47. The number of aliphatic hydroxyl groups is 1. The monoisotopic (exact) mass is 270 g/mol. The van der Waals surface area contributed by atoms with Gasteiger partial charge in [-0.15, -0.1) is 0 Å². The van der Waals surface area contributed by atoms with Crippen LogP contribution in [0.2, 0.25) is 0 Å². The fourth-order valence-electron chi connectivity index (χ4n) is 1.49. The molecule has 2 unspecified atom stereocenters. The summed E-state index contributed by atoms with van der Waals surface area (Å²) < 4.78 is 17.9. The molecule has 0 radical (unpaired) electrons. The Balaban J connectivity index is 2.22. The predicted molar refractivity (Wildman–Crippen MR) is 69.2 cm³/mol. The third-order valence-corrected chi connectivity index (χ3v) is 2.47. The number of hydrogen-bond acceptors (Lipinski definition) is 4. The van der Waals surface area contributed by atoms with E-state index in [1.807, 2.05) is 0 Å². The van der Waals surface area contributed by atoms with Crippen molar-refractivity contribution in [2.24, 2.45) is 5.73 Å². The first-order valence-electron chi connectivity index (χ1n) is 6.05. The van der Waals surface area contributed by atoms with Gasteiger partial charge in [-0.25, -0.2) is 4.39 Å². The minimum absolute atomic E-state index is 0.0852. The standard InChI is InChI=1S/C13H19FN2O3/c1-9(6-13(15)18)16-7-11(17)8-19-12-4-2-10(14)3-5-12/h2-5,9,11,16-17H,6-8H2,1H3,(H2,15,18). The van der Waals surface area contributed by atoms with Gasteiger partial charge in [-0.1, -0.05) is 0 Å². The average Bonchev–Trinajstić information content (AvgIpc) is 2.35. The summed E-state index contributed by atoms with van der Waals surface area (Å²) in [5, 5.41) is 12.6. The lowest BCUT2D eigenvalue weighted by molar-refractivity contribution is -0.118. The fraction of sp³-hybridized carbons (Fsp3) is 0.462. The van der Waals surface area contributed by atoms with Gasteiger partial charge >= 0.3 is 0 Å².